The smallest absolute Gasteiger partial charge is 0.305 e. The van der Waals surface area contributed by atoms with Gasteiger partial charge in [-0.1, -0.05) is 24.3 Å². The summed E-state index contributed by atoms with van der Waals surface area (Å²) in [5.41, 5.74) is 5.80. The molecule has 31 heavy (non-hydrogen) atoms. The van der Waals surface area contributed by atoms with Gasteiger partial charge in [0.25, 0.3) is 0 Å². The quantitative estimate of drug-likeness (QED) is 0.349. The van der Waals surface area contributed by atoms with E-state index in [-0.39, 0.29) is 5.69 Å². The Balaban J connectivity index is 1.57. The van der Waals surface area contributed by atoms with Gasteiger partial charge < -0.3 is 5.32 Å². The van der Waals surface area contributed by atoms with E-state index in [1.807, 2.05) is 31.2 Å². The van der Waals surface area contributed by atoms with Crippen LogP contribution in [0.15, 0.2) is 54.6 Å². The van der Waals surface area contributed by atoms with Crippen molar-refractivity contribution in [2.24, 2.45) is 0 Å². The lowest BCUT2D eigenvalue weighted by Crippen LogP contribution is -2.20. The molecule has 0 spiro atoms. The van der Waals surface area contributed by atoms with Crippen LogP contribution in [0.25, 0.3) is 21.2 Å². The molecular formula is C25H20F2N2OS. The number of amides is 2. The van der Waals surface area contributed by atoms with Gasteiger partial charge in [0.1, 0.15) is 16.6 Å². The Hall–Kier alpha value is -3.25. The van der Waals surface area contributed by atoms with Crippen LogP contribution >= 0.6 is 11.3 Å². The zero-order chi connectivity index (χ0) is 21.5. The lowest BCUT2D eigenvalue weighted by atomic mass is 9.97. The van der Waals surface area contributed by atoms with Gasteiger partial charge in [0.15, 0.2) is 0 Å². The second-order valence-corrected chi connectivity index (χ2v) is 8.85. The number of thiophene rings is 1. The van der Waals surface area contributed by atoms with Crippen molar-refractivity contribution in [2.45, 2.75) is 26.2 Å². The Morgan fingerprint density at radius 3 is 2.52 bits per heavy atom. The summed E-state index contributed by atoms with van der Waals surface area (Å²) in [6.45, 7) is 2.05. The summed E-state index contributed by atoms with van der Waals surface area (Å²) in [6, 6.07) is 15.0. The number of anilines is 2. The molecule has 5 rings (SSSR count). The highest BCUT2D eigenvalue weighted by Gasteiger charge is 2.21. The molecule has 0 saturated heterocycles. The highest BCUT2D eigenvalue weighted by atomic mass is 32.1. The molecule has 156 valence electrons. The molecular weight excluding hydrogens is 414 g/mol. The van der Waals surface area contributed by atoms with E-state index in [2.05, 4.69) is 22.8 Å². The Kier molecular flexibility index (Phi) is 4.94. The zero-order valence-corrected chi connectivity index (χ0v) is 17.7. The van der Waals surface area contributed by atoms with Gasteiger partial charge in [-0.05, 0) is 72.7 Å². The first-order chi connectivity index (χ1) is 15.0. The monoisotopic (exact) mass is 434 g/mol. The van der Waals surface area contributed by atoms with Gasteiger partial charge in [0.2, 0.25) is 0 Å². The SMILES string of the molecule is Cc1ccccc1-c1c(NC(=O)Nc2ccc(F)cc2F)sc2cc3c(cc12)CCC3. The van der Waals surface area contributed by atoms with Crippen molar-refractivity contribution in [2.75, 3.05) is 10.6 Å². The van der Waals surface area contributed by atoms with Gasteiger partial charge in [-0.2, -0.15) is 0 Å². The lowest BCUT2D eigenvalue weighted by molar-refractivity contribution is 0.262. The Morgan fingerprint density at radius 2 is 1.74 bits per heavy atom. The van der Waals surface area contributed by atoms with Crippen molar-refractivity contribution in [1.29, 1.82) is 0 Å². The minimum atomic E-state index is -0.818. The molecule has 0 fully saturated rings. The number of fused-ring (bicyclic) bond motifs is 2. The van der Waals surface area contributed by atoms with Crippen LogP contribution in [0, 0.1) is 18.6 Å². The molecule has 3 nitrogen and oxygen atoms in total. The summed E-state index contributed by atoms with van der Waals surface area (Å²) < 4.78 is 28.2. The van der Waals surface area contributed by atoms with Crippen LogP contribution in [-0.4, -0.2) is 6.03 Å². The summed E-state index contributed by atoms with van der Waals surface area (Å²) in [6.07, 6.45) is 3.32. The molecule has 6 heteroatoms. The predicted molar refractivity (Wildman–Crippen MR) is 123 cm³/mol. The number of hydrogen-bond donors (Lipinski definition) is 2. The maximum absolute atomic E-state index is 14.0. The van der Waals surface area contributed by atoms with Crippen LogP contribution in [0.3, 0.4) is 0 Å². The van der Waals surface area contributed by atoms with Gasteiger partial charge in [-0.3, -0.25) is 5.32 Å². The van der Waals surface area contributed by atoms with Crippen LogP contribution in [0.5, 0.6) is 0 Å². The van der Waals surface area contributed by atoms with E-state index in [0.717, 1.165) is 51.8 Å². The van der Waals surface area contributed by atoms with Gasteiger partial charge in [-0.15, -0.1) is 11.3 Å². The van der Waals surface area contributed by atoms with Crippen molar-refractivity contribution >= 4 is 38.1 Å². The maximum Gasteiger partial charge on any atom is 0.324 e. The number of carbonyl (C=O) groups excluding carboxylic acids is 1. The average molecular weight is 435 g/mol. The lowest BCUT2D eigenvalue weighted by Gasteiger charge is -2.11. The zero-order valence-electron chi connectivity index (χ0n) is 16.9. The fourth-order valence-electron chi connectivity index (χ4n) is 4.22. The summed E-state index contributed by atoms with van der Waals surface area (Å²) in [5, 5.41) is 7.20. The fraction of sp³-hybridized carbons (Fsp3) is 0.160. The number of urea groups is 1. The molecule has 1 aliphatic rings. The number of aryl methyl sites for hydroxylation is 3. The molecule has 3 aromatic carbocycles. The van der Waals surface area contributed by atoms with E-state index in [4.69, 9.17) is 0 Å². The Labute approximate surface area is 182 Å². The van der Waals surface area contributed by atoms with Crippen LogP contribution in [0.1, 0.15) is 23.1 Å². The molecule has 0 unspecified atom stereocenters. The Morgan fingerprint density at radius 1 is 0.968 bits per heavy atom. The van der Waals surface area contributed by atoms with E-state index in [0.29, 0.717) is 5.00 Å². The molecule has 0 atom stereocenters. The van der Waals surface area contributed by atoms with Crippen molar-refractivity contribution in [3.63, 3.8) is 0 Å². The summed E-state index contributed by atoms with van der Waals surface area (Å²) in [7, 11) is 0. The van der Waals surface area contributed by atoms with Crippen molar-refractivity contribution < 1.29 is 13.6 Å². The number of rotatable bonds is 3. The third-order valence-corrected chi connectivity index (χ3v) is 6.79. The number of nitrogens with one attached hydrogen (secondary N) is 2. The first kappa shape index (κ1) is 19.7. The highest BCUT2D eigenvalue weighted by Crippen LogP contribution is 2.45. The fourth-order valence-corrected chi connectivity index (χ4v) is 5.38. The third-order valence-electron chi connectivity index (χ3n) is 5.72. The normalized spacial score (nSPS) is 12.7. The minimum absolute atomic E-state index is 0.0728. The topological polar surface area (TPSA) is 41.1 Å². The second kappa shape index (κ2) is 7.78. The molecule has 1 aliphatic carbocycles. The molecule has 0 radical (unpaired) electrons. The number of benzene rings is 3. The van der Waals surface area contributed by atoms with E-state index in [1.165, 1.54) is 35.0 Å². The Bertz CT molecular complexity index is 1330. The molecule has 4 aromatic rings. The van der Waals surface area contributed by atoms with Crippen LogP contribution < -0.4 is 10.6 Å². The molecule has 2 amide bonds. The van der Waals surface area contributed by atoms with E-state index in [9.17, 15) is 13.6 Å². The van der Waals surface area contributed by atoms with Gasteiger partial charge in [0, 0.05) is 21.7 Å². The van der Waals surface area contributed by atoms with E-state index in [1.54, 1.807) is 0 Å². The summed E-state index contributed by atoms with van der Waals surface area (Å²) in [5.74, 6) is -1.51. The molecule has 1 heterocycles. The molecule has 0 saturated carbocycles. The molecule has 0 bridgehead atoms. The van der Waals surface area contributed by atoms with Gasteiger partial charge in [0.05, 0.1) is 5.69 Å². The third kappa shape index (κ3) is 3.68. The highest BCUT2D eigenvalue weighted by molar-refractivity contribution is 7.23. The minimum Gasteiger partial charge on any atom is -0.305 e. The molecule has 2 N–H and O–H groups in total. The van der Waals surface area contributed by atoms with Crippen molar-refractivity contribution in [3.05, 3.63) is 82.9 Å². The summed E-state index contributed by atoms with van der Waals surface area (Å²) >= 11 is 1.51. The largest absolute Gasteiger partial charge is 0.324 e. The van der Waals surface area contributed by atoms with Gasteiger partial charge in [-0.25, -0.2) is 13.6 Å². The van der Waals surface area contributed by atoms with Crippen LogP contribution in [0.4, 0.5) is 24.3 Å². The first-order valence-corrected chi connectivity index (χ1v) is 11.0. The standard InChI is InChI=1S/C25H20F2N2OS/c1-14-5-2-3-8-18(14)23-19-11-15-6-4-7-16(15)12-22(19)31-24(23)29-25(30)28-21-10-9-17(26)13-20(21)27/h2-3,5,8-13H,4,6-7H2,1H3,(H2,28,29,30). The van der Waals surface area contributed by atoms with Gasteiger partial charge >= 0.3 is 6.03 Å². The predicted octanol–water partition coefficient (Wildman–Crippen LogP) is 7.29. The van der Waals surface area contributed by atoms with E-state index < -0.39 is 17.7 Å². The first-order valence-electron chi connectivity index (χ1n) is 10.2. The van der Waals surface area contributed by atoms with E-state index >= 15 is 0 Å². The number of hydrogen-bond acceptors (Lipinski definition) is 2. The number of halogens is 2. The number of carbonyl (C=O) groups is 1. The van der Waals surface area contributed by atoms with Crippen LogP contribution in [0.2, 0.25) is 0 Å². The van der Waals surface area contributed by atoms with Crippen LogP contribution in [-0.2, 0) is 12.8 Å². The molecule has 0 aliphatic heterocycles. The average Bonchev–Trinajstić information content (AvgIpc) is 3.32. The summed E-state index contributed by atoms with van der Waals surface area (Å²) in [4.78, 5) is 12.7. The second-order valence-electron chi connectivity index (χ2n) is 7.80. The molecule has 1 aromatic heterocycles. The maximum atomic E-state index is 14.0. The van der Waals surface area contributed by atoms with Crippen molar-refractivity contribution in [1.82, 2.24) is 0 Å². The van der Waals surface area contributed by atoms with Crippen molar-refractivity contribution in [3.8, 4) is 11.1 Å².